The molecule has 1 heterocycles. The van der Waals surface area contributed by atoms with Crippen molar-refractivity contribution in [1.82, 2.24) is 4.98 Å². The zero-order chi connectivity index (χ0) is 13.1. The third kappa shape index (κ3) is 2.89. The Balaban J connectivity index is 2.22. The Morgan fingerprint density at radius 1 is 1.39 bits per heavy atom. The van der Waals surface area contributed by atoms with E-state index in [4.69, 9.17) is 11.6 Å². The van der Waals surface area contributed by atoms with E-state index >= 15 is 0 Å². The number of hydrogen-bond donors (Lipinski definition) is 1. The van der Waals surface area contributed by atoms with Crippen molar-refractivity contribution in [2.24, 2.45) is 0 Å². The maximum atomic E-state index is 12.0. The SMILES string of the molecule is Cc1ncccc1NC(=O)c1ccc(Br)c(Cl)c1. The molecule has 3 nitrogen and oxygen atoms in total. The number of nitrogens with one attached hydrogen (secondary N) is 1. The lowest BCUT2D eigenvalue weighted by Crippen LogP contribution is -2.13. The van der Waals surface area contributed by atoms with Crippen LogP contribution in [0.5, 0.6) is 0 Å². The van der Waals surface area contributed by atoms with Gasteiger partial charge < -0.3 is 5.32 Å². The molecule has 92 valence electrons. The van der Waals surface area contributed by atoms with E-state index in [-0.39, 0.29) is 5.91 Å². The Bertz CT molecular complexity index is 601. The van der Waals surface area contributed by atoms with E-state index in [1.807, 2.05) is 6.92 Å². The number of hydrogen-bond acceptors (Lipinski definition) is 2. The Labute approximate surface area is 118 Å². The molecule has 5 heteroatoms. The van der Waals surface area contributed by atoms with Gasteiger partial charge in [0, 0.05) is 16.2 Å². The van der Waals surface area contributed by atoms with Gasteiger partial charge in [0.15, 0.2) is 0 Å². The second-order valence-electron chi connectivity index (χ2n) is 3.72. The minimum absolute atomic E-state index is 0.208. The lowest BCUT2D eigenvalue weighted by Gasteiger charge is -2.07. The van der Waals surface area contributed by atoms with Gasteiger partial charge in [-0.3, -0.25) is 9.78 Å². The molecular formula is C13H10BrClN2O. The average molecular weight is 326 g/mol. The summed E-state index contributed by atoms with van der Waals surface area (Å²) in [5.41, 5.74) is 1.97. The number of carbonyl (C=O) groups excluding carboxylic acids is 1. The number of carbonyl (C=O) groups is 1. The van der Waals surface area contributed by atoms with Gasteiger partial charge in [-0.2, -0.15) is 0 Å². The van der Waals surface area contributed by atoms with Crippen LogP contribution in [0.1, 0.15) is 16.1 Å². The van der Waals surface area contributed by atoms with Crippen LogP contribution in [0.3, 0.4) is 0 Å². The number of aryl methyl sites for hydroxylation is 1. The van der Waals surface area contributed by atoms with Crippen LogP contribution in [-0.2, 0) is 0 Å². The summed E-state index contributed by atoms with van der Waals surface area (Å²) in [6, 6.07) is 8.65. The monoisotopic (exact) mass is 324 g/mol. The predicted molar refractivity (Wildman–Crippen MR) is 76.1 cm³/mol. The fourth-order valence-corrected chi connectivity index (χ4v) is 1.88. The van der Waals surface area contributed by atoms with Crippen molar-refractivity contribution in [3.63, 3.8) is 0 Å². The highest BCUT2D eigenvalue weighted by atomic mass is 79.9. The van der Waals surface area contributed by atoms with Crippen molar-refractivity contribution in [3.05, 3.63) is 57.3 Å². The molecule has 0 saturated heterocycles. The number of amides is 1. The van der Waals surface area contributed by atoms with Gasteiger partial charge in [-0.1, -0.05) is 11.6 Å². The number of rotatable bonds is 2. The molecule has 0 radical (unpaired) electrons. The summed E-state index contributed by atoms with van der Waals surface area (Å²) in [7, 11) is 0. The van der Waals surface area contributed by atoms with E-state index in [9.17, 15) is 4.79 Å². The van der Waals surface area contributed by atoms with E-state index in [1.165, 1.54) is 0 Å². The standard InChI is InChI=1S/C13H10BrClN2O/c1-8-12(3-2-6-16-8)17-13(18)9-4-5-10(14)11(15)7-9/h2-7H,1H3,(H,17,18). The third-order valence-corrected chi connectivity index (χ3v) is 3.67. The van der Waals surface area contributed by atoms with Crippen LogP contribution in [-0.4, -0.2) is 10.9 Å². The van der Waals surface area contributed by atoms with E-state index in [0.29, 0.717) is 16.3 Å². The molecule has 0 fully saturated rings. The Morgan fingerprint density at radius 2 is 2.17 bits per heavy atom. The van der Waals surface area contributed by atoms with Crippen molar-refractivity contribution in [3.8, 4) is 0 Å². The molecule has 0 aliphatic carbocycles. The van der Waals surface area contributed by atoms with Gasteiger partial charge in [0.25, 0.3) is 5.91 Å². The molecule has 0 saturated carbocycles. The van der Waals surface area contributed by atoms with Crippen molar-refractivity contribution < 1.29 is 4.79 Å². The first kappa shape index (κ1) is 13.1. The van der Waals surface area contributed by atoms with Crippen LogP contribution in [0, 0.1) is 6.92 Å². The summed E-state index contributed by atoms with van der Waals surface area (Å²) < 4.78 is 0.762. The maximum Gasteiger partial charge on any atom is 0.255 e. The van der Waals surface area contributed by atoms with Crippen molar-refractivity contribution in [2.45, 2.75) is 6.92 Å². The molecule has 18 heavy (non-hydrogen) atoms. The summed E-state index contributed by atoms with van der Waals surface area (Å²) >= 11 is 9.24. The first-order valence-electron chi connectivity index (χ1n) is 5.26. The minimum Gasteiger partial charge on any atom is -0.320 e. The molecule has 1 amide bonds. The lowest BCUT2D eigenvalue weighted by atomic mass is 10.2. The largest absolute Gasteiger partial charge is 0.320 e. The zero-order valence-corrected chi connectivity index (χ0v) is 11.9. The number of nitrogens with zero attached hydrogens (tertiary/aromatic N) is 1. The van der Waals surface area contributed by atoms with Gasteiger partial charge >= 0.3 is 0 Å². The predicted octanol–water partition coefficient (Wildman–Crippen LogP) is 4.06. The summed E-state index contributed by atoms with van der Waals surface area (Å²) in [4.78, 5) is 16.1. The quantitative estimate of drug-likeness (QED) is 0.905. The van der Waals surface area contributed by atoms with Crippen LogP contribution in [0.15, 0.2) is 41.0 Å². The van der Waals surface area contributed by atoms with E-state index in [2.05, 4.69) is 26.2 Å². The number of aromatic nitrogens is 1. The number of halogens is 2. The average Bonchev–Trinajstić information content (AvgIpc) is 2.35. The Morgan fingerprint density at radius 3 is 2.83 bits per heavy atom. The van der Waals surface area contributed by atoms with E-state index in [0.717, 1.165) is 10.2 Å². The molecule has 0 aliphatic heterocycles. The first-order chi connectivity index (χ1) is 8.58. The summed E-state index contributed by atoms with van der Waals surface area (Å²) in [5.74, 6) is -0.208. The van der Waals surface area contributed by atoms with Crippen LogP contribution in [0.4, 0.5) is 5.69 Å². The van der Waals surface area contributed by atoms with E-state index in [1.54, 1.807) is 36.5 Å². The highest BCUT2D eigenvalue weighted by Gasteiger charge is 2.09. The first-order valence-corrected chi connectivity index (χ1v) is 6.43. The van der Waals surface area contributed by atoms with Gasteiger partial charge in [-0.25, -0.2) is 0 Å². The minimum atomic E-state index is -0.208. The molecule has 2 aromatic rings. The van der Waals surface area contributed by atoms with Crippen molar-refractivity contribution in [1.29, 1.82) is 0 Å². The molecule has 1 N–H and O–H groups in total. The van der Waals surface area contributed by atoms with Crippen LogP contribution in [0.25, 0.3) is 0 Å². The topological polar surface area (TPSA) is 42.0 Å². The molecular weight excluding hydrogens is 316 g/mol. The highest BCUT2D eigenvalue weighted by Crippen LogP contribution is 2.23. The molecule has 0 aliphatic rings. The fourth-order valence-electron chi connectivity index (χ4n) is 1.45. The highest BCUT2D eigenvalue weighted by molar-refractivity contribution is 9.10. The van der Waals surface area contributed by atoms with Gasteiger partial charge in [-0.05, 0) is 53.2 Å². The fraction of sp³-hybridized carbons (Fsp3) is 0.0769. The molecule has 2 rings (SSSR count). The Kier molecular flexibility index (Phi) is 3.99. The van der Waals surface area contributed by atoms with Crippen LogP contribution in [0.2, 0.25) is 5.02 Å². The molecule has 0 spiro atoms. The van der Waals surface area contributed by atoms with Gasteiger partial charge in [0.2, 0.25) is 0 Å². The van der Waals surface area contributed by atoms with Crippen LogP contribution < -0.4 is 5.32 Å². The third-order valence-electron chi connectivity index (χ3n) is 2.44. The summed E-state index contributed by atoms with van der Waals surface area (Å²) in [6.07, 6.45) is 1.68. The Hall–Kier alpha value is -1.39. The number of benzene rings is 1. The second-order valence-corrected chi connectivity index (χ2v) is 4.98. The van der Waals surface area contributed by atoms with Gasteiger partial charge in [0.1, 0.15) is 0 Å². The molecule has 0 atom stereocenters. The maximum absolute atomic E-state index is 12.0. The summed E-state index contributed by atoms with van der Waals surface area (Å²) in [6.45, 7) is 1.84. The second kappa shape index (κ2) is 5.50. The molecule has 1 aromatic carbocycles. The lowest BCUT2D eigenvalue weighted by molar-refractivity contribution is 0.102. The van der Waals surface area contributed by atoms with Gasteiger partial charge in [-0.15, -0.1) is 0 Å². The molecule has 1 aromatic heterocycles. The summed E-state index contributed by atoms with van der Waals surface area (Å²) in [5, 5.41) is 3.30. The molecule has 0 bridgehead atoms. The van der Waals surface area contributed by atoms with Crippen LogP contribution >= 0.6 is 27.5 Å². The van der Waals surface area contributed by atoms with E-state index < -0.39 is 0 Å². The number of pyridine rings is 1. The van der Waals surface area contributed by atoms with Crippen molar-refractivity contribution in [2.75, 3.05) is 5.32 Å². The normalized spacial score (nSPS) is 10.2. The zero-order valence-electron chi connectivity index (χ0n) is 9.58. The number of anilines is 1. The van der Waals surface area contributed by atoms with Gasteiger partial charge in [0.05, 0.1) is 16.4 Å². The molecule has 0 unspecified atom stereocenters. The van der Waals surface area contributed by atoms with Crippen molar-refractivity contribution >= 4 is 39.1 Å². The smallest absolute Gasteiger partial charge is 0.255 e.